The van der Waals surface area contributed by atoms with E-state index in [1.54, 1.807) is 18.2 Å². The van der Waals surface area contributed by atoms with Crippen molar-refractivity contribution < 1.29 is 9.59 Å². The molecule has 2 aromatic carbocycles. The van der Waals surface area contributed by atoms with Crippen LogP contribution in [0.3, 0.4) is 0 Å². The molecule has 3 rings (SSSR count). The number of rotatable bonds is 5. The minimum absolute atomic E-state index is 0.0508. The van der Waals surface area contributed by atoms with Gasteiger partial charge in [-0.25, -0.2) is 0 Å². The summed E-state index contributed by atoms with van der Waals surface area (Å²) < 4.78 is 0. The van der Waals surface area contributed by atoms with E-state index < -0.39 is 5.92 Å². The quantitative estimate of drug-likeness (QED) is 0.633. The van der Waals surface area contributed by atoms with Gasteiger partial charge in [-0.1, -0.05) is 53.2 Å². The molecule has 0 aliphatic carbocycles. The number of allylic oxidation sites excluding steroid dienone is 1. The molecule has 0 spiro atoms. The molecule has 0 saturated heterocycles. The third-order valence-electron chi connectivity index (χ3n) is 4.92. The molecule has 2 amide bonds. The average Bonchev–Trinajstić information content (AvgIpc) is 2.69. The highest BCUT2D eigenvalue weighted by Crippen LogP contribution is 2.39. The zero-order valence-electron chi connectivity index (χ0n) is 16.4. The molecular formula is C22H19Cl2N3O2S. The van der Waals surface area contributed by atoms with Crippen LogP contribution in [0.4, 0.5) is 5.69 Å². The summed E-state index contributed by atoms with van der Waals surface area (Å²) in [7, 11) is 0. The lowest BCUT2D eigenvalue weighted by Gasteiger charge is -2.25. The number of nitriles is 1. The number of anilines is 1. The second-order valence-corrected chi connectivity index (χ2v) is 8.74. The summed E-state index contributed by atoms with van der Waals surface area (Å²) in [6.07, 6.45) is 0.100. The van der Waals surface area contributed by atoms with Crippen LogP contribution >= 0.6 is 35.0 Å². The molecule has 154 valence electrons. The molecule has 1 aliphatic heterocycles. The Labute approximate surface area is 189 Å². The number of thioether (sulfide) groups is 1. The molecule has 2 aromatic rings. The molecule has 1 atom stereocenters. The highest BCUT2D eigenvalue weighted by molar-refractivity contribution is 8.03. The molecule has 0 radical (unpaired) electrons. The van der Waals surface area contributed by atoms with Crippen molar-refractivity contribution in [1.29, 1.82) is 5.26 Å². The van der Waals surface area contributed by atoms with Crippen molar-refractivity contribution in [1.82, 2.24) is 5.32 Å². The van der Waals surface area contributed by atoms with Gasteiger partial charge in [0.25, 0.3) is 0 Å². The summed E-state index contributed by atoms with van der Waals surface area (Å²) in [5.74, 6) is -0.894. The second kappa shape index (κ2) is 9.57. The molecule has 0 bridgehead atoms. The van der Waals surface area contributed by atoms with Crippen LogP contribution in [-0.2, 0) is 9.59 Å². The Kier molecular flexibility index (Phi) is 7.09. The van der Waals surface area contributed by atoms with E-state index >= 15 is 0 Å². The standard InChI is InChI=1S/C22H19Cl2N3O2S/c1-12-4-3-5-19(13(12)2)26-21(29)11-30-22-17(10-25)16(9-20(28)27-22)15-7-6-14(23)8-18(15)24/h3-8,16H,9,11H2,1-2H3,(H,26,29)(H,27,28)/t16-/m0/s1. The summed E-state index contributed by atoms with van der Waals surface area (Å²) in [4.78, 5) is 24.7. The number of benzene rings is 2. The lowest BCUT2D eigenvalue weighted by Crippen LogP contribution is -2.31. The predicted octanol–water partition coefficient (Wildman–Crippen LogP) is 5.32. The van der Waals surface area contributed by atoms with Crippen molar-refractivity contribution in [3.63, 3.8) is 0 Å². The van der Waals surface area contributed by atoms with Gasteiger partial charge in [0.05, 0.1) is 22.4 Å². The Morgan fingerprint density at radius 3 is 2.77 bits per heavy atom. The SMILES string of the molecule is Cc1cccc(NC(=O)CSC2=C(C#N)[C@H](c3ccc(Cl)cc3Cl)CC(=O)N2)c1C. The summed E-state index contributed by atoms with van der Waals surface area (Å²) in [6.45, 7) is 3.92. The predicted molar refractivity (Wildman–Crippen MR) is 122 cm³/mol. The van der Waals surface area contributed by atoms with Crippen molar-refractivity contribution in [3.05, 3.63) is 73.7 Å². The van der Waals surface area contributed by atoms with Gasteiger partial charge < -0.3 is 10.6 Å². The molecule has 0 saturated carbocycles. The van der Waals surface area contributed by atoms with Crippen molar-refractivity contribution in [2.24, 2.45) is 0 Å². The third-order valence-corrected chi connectivity index (χ3v) is 6.50. The van der Waals surface area contributed by atoms with E-state index in [0.29, 0.717) is 26.2 Å². The Bertz CT molecular complexity index is 1090. The Hall–Kier alpha value is -2.46. The number of hydrogen-bond acceptors (Lipinski definition) is 4. The first-order valence-electron chi connectivity index (χ1n) is 9.18. The van der Waals surface area contributed by atoms with Gasteiger partial charge in [0, 0.05) is 28.1 Å². The number of nitrogens with one attached hydrogen (secondary N) is 2. The van der Waals surface area contributed by atoms with Crippen molar-refractivity contribution in [2.75, 3.05) is 11.1 Å². The number of carbonyl (C=O) groups excluding carboxylic acids is 2. The van der Waals surface area contributed by atoms with Gasteiger partial charge in [-0.3, -0.25) is 9.59 Å². The largest absolute Gasteiger partial charge is 0.325 e. The molecule has 0 unspecified atom stereocenters. The summed E-state index contributed by atoms with van der Waals surface area (Å²) in [6, 6.07) is 12.9. The minimum atomic E-state index is -0.488. The summed E-state index contributed by atoms with van der Waals surface area (Å²) in [5, 5.41) is 16.6. The lowest BCUT2D eigenvalue weighted by molar-refractivity contribution is -0.121. The smallest absolute Gasteiger partial charge is 0.234 e. The van der Waals surface area contributed by atoms with E-state index in [1.165, 1.54) is 0 Å². The first-order valence-corrected chi connectivity index (χ1v) is 10.9. The number of halogens is 2. The van der Waals surface area contributed by atoms with Crippen LogP contribution in [0.2, 0.25) is 10.0 Å². The summed E-state index contributed by atoms with van der Waals surface area (Å²) in [5.41, 5.74) is 3.86. The number of aryl methyl sites for hydroxylation is 1. The highest BCUT2D eigenvalue weighted by Gasteiger charge is 2.31. The molecular weight excluding hydrogens is 441 g/mol. The normalized spacial score (nSPS) is 16.1. The van der Waals surface area contributed by atoms with E-state index in [0.717, 1.165) is 28.6 Å². The van der Waals surface area contributed by atoms with Crippen molar-refractivity contribution >= 4 is 52.5 Å². The number of nitrogens with zero attached hydrogens (tertiary/aromatic N) is 1. The van der Waals surface area contributed by atoms with Crippen LogP contribution < -0.4 is 10.6 Å². The maximum Gasteiger partial charge on any atom is 0.234 e. The van der Waals surface area contributed by atoms with Crippen LogP contribution in [-0.4, -0.2) is 17.6 Å². The van der Waals surface area contributed by atoms with Gasteiger partial charge in [0.2, 0.25) is 11.8 Å². The van der Waals surface area contributed by atoms with E-state index in [9.17, 15) is 14.9 Å². The van der Waals surface area contributed by atoms with Crippen molar-refractivity contribution in [2.45, 2.75) is 26.2 Å². The molecule has 1 aliphatic rings. The molecule has 0 fully saturated rings. The highest BCUT2D eigenvalue weighted by atomic mass is 35.5. The van der Waals surface area contributed by atoms with Crippen LogP contribution in [0.25, 0.3) is 0 Å². The third kappa shape index (κ3) is 4.99. The Morgan fingerprint density at radius 2 is 2.07 bits per heavy atom. The number of hydrogen-bond donors (Lipinski definition) is 2. The first-order chi connectivity index (χ1) is 14.3. The monoisotopic (exact) mass is 459 g/mol. The average molecular weight is 460 g/mol. The van der Waals surface area contributed by atoms with Gasteiger partial charge in [-0.05, 0) is 48.7 Å². The van der Waals surface area contributed by atoms with E-state index in [1.807, 2.05) is 32.0 Å². The number of amides is 2. The van der Waals surface area contributed by atoms with Gasteiger partial charge >= 0.3 is 0 Å². The zero-order chi connectivity index (χ0) is 21.8. The molecule has 0 aromatic heterocycles. The Morgan fingerprint density at radius 1 is 1.30 bits per heavy atom. The molecule has 8 heteroatoms. The van der Waals surface area contributed by atoms with Crippen LogP contribution in [0.1, 0.15) is 29.0 Å². The lowest BCUT2D eigenvalue weighted by atomic mass is 9.87. The van der Waals surface area contributed by atoms with Crippen LogP contribution in [0.5, 0.6) is 0 Å². The number of carbonyl (C=O) groups is 2. The fraction of sp³-hybridized carbons (Fsp3) is 0.227. The van der Waals surface area contributed by atoms with Crippen LogP contribution in [0, 0.1) is 25.2 Å². The fourth-order valence-electron chi connectivity index (χ4n) is 3.19. The van der Waals surface area contributed by atoms with Crippen molar-refractivity contribution in [3.8, 4) is 6.07 Å². The zero-order valence-corrected chi connectivity index (χ0v) is 18.7. The fourth-order valence-corrected chi connectivity index (χ4v) is 4.61. The second-order valence-electron chi connectivity index (χ2n) is 6.91. The Balaban J connectivity index is 1.80. The van der Waals surface area contributed by atoms with Gasteiger partial charge in [0.15, 0.2) is 0 Å². The van der Waals surface area contributed by atoms with Gasteiger partial charge in [-0.2, -0.15) is 5.26 Å². The van der Waals surface area contributed by atoms with E-state index in [4.69, 9.17) is 23.2 Å². The maximum atomic E-state index is 12.5. The minimum Gasteiger partial charge on any atom is -0.325 e. The first kappa shape index (κ1) is 22.2. The van der Waals surface area contributed by atoms with Gasteiger partial charge in [0.1, 0.15) is 0 Å². The molecule has 1 heterocycles. The molecule has 2 N–H and O–H groups in total. The molecule has 5 nitrogen and oxygen atoms in total. The molecule has 30 heavy (non-hydrogen) atoms. The van der Waals surface area contributed by atoms with E-state index in [2.05, 4.69) is 16.7 Å². The van der Waals surface area contributed by atoms with Crippen LogP contribution in [0.15, 0.2) is 47.0 Å². The van der Waals surface area contributed by atoms with E-state index in [-0.39, 0.29) is 24.0 Å². The summed E-state index contributed by atoms with van der Waals surface area (Å²) >= 11 is 13.4. The maximum absolute atomic E-state index is 12.5. The van der Waals surface area contributed by atoms with Gasteiger partial charge in [-0.15, -0.1) is 0 Å². The topological polar surface area (TPSA) is 82.0 Å².